The lowest BCUT2D eigenvalue weighted by atomic mass is 9.93. The summed E-state index contributed by atoms with van der Waals surface area (Å²) in [5.41, 5.74) is 6.06. The van der Waals surface area contributed by atoms with Crippen LogP contribution >= 0.6 is 0 Å². The number of hydrogen-bond donors (Lipinski definition) is 0. The van der Waals surface area contributed by atoms with Gasteiger partial charge in [0.15, 0.2) is 5.82 Å². The van der Waals surface area contributed by atoms with E-state index in [-0.39, 0.29) is 75.9 Å². The van der Waals surface area contributed by atoms with E-state index in [0.29, 0.717) is 85.4 Å². The van der Waals surface area contributed by atoms with Gasteiger partial charge in [0.25, 0.3) is 0 Å². The van der Waals surface area contributed by atoms with Crippen molar-refractivity contribution in [2.75, 3.05) is 50.3 Å². The van der Waals surface area contributed by atoms with Gasteiger partial charge in [0, 0.05) is 38.0 Å². The lowest BCUT2D eigenvalue weighted by Gasteiger charge is -2.48. The molecule has 0 radical (unpaired) electrons. The number of fused-ring (bicyclic) bond motifs is 7. The first-order valence-corrected chi connectivity index (χ1v) is 31.8. The Hall–Kier alpha value is -6.64. The molecule has 8 heterocycles. The Bertz CT molecular complexity index is 3370. The SMILES string of the molecule is COc1ccc(CN(Cc2ccc(OC)cc2)c2cc3ccc(F)c(C#C[Si](C(C)C)(C(C)C)C(C)C)c3c(-c3nc4c5c(nc(OC[C@@]67CCCN6C[C@H](F)C7)nc5c3F)N3C[C@H]5CC[C@@H]([C@H]3CCC4)N5C(=O)OC(C)(C)C)n2)cc1. The lowest BCUT2D eigenvalue weighted by molar-refractivity contribution is 0.00698. The Morgan fingerprint density at radius 2 is 1.48 bits per heavy atom. The summed E-state index contributed by atoms with van der Waals surface area (Å²) >= 11 is 0. The number of hydrogen-bond acceptors (Lipinski definition) is 12. The van der Waals surface area contributed by atoms with Crippen molar-refractivity contribution in [2.24, 2.45) is 0 Å². The van der Waals surface area contributed by atoms with E-state index in [2.05, 4.69) is 67.7 Å². The molecular formula is C65H79F3N8O5Si. The number of aryl methyl sites for hydroxylation is 1. The molecule has 5 aliphatic heterocycles. The number of pyridine rings is 2. The van der Waals surface area contributed by atoms with Gasteiger partial charge < -0.3 is 28.7 Å². The van der Waals surface area contributed by atoms with Crippen LogP contribution < -0.4 is 24.0 Å². The van der Waals surface area contributed by atoms with Gasteiger partial charge in [-0.3, -0.25) is 9.80 Å². The van der Waals surface area contributed by atoms with Gasteiger partial charge in [0.1, 0.15) is 72.3 Å². The van der Waals surface area contributed by atoms with E-state index in [9.17, 15) is 4.79 Å². The Balaban J connectivity index is 1.14. The standard InChI is InChI=1S/C65H79F3N8O5Si/c1-39(2)82(40(3)4,41(5)6)31-28-49-50(67)26-20-44-32-54(73(34-42-16-22-47(78-10)23-17-42)35-43-18-24-48(79-11)25-19-43)70-59(55(44)49)60-57(68)58-56-51(69-60)14-12-15-52-53-27-21-46(76(53)63(77)81-64(7,8)9)37-75(52)61(56)72-62(71-58)80-38-65-29-13-30-74(65)36-45(66)33-65/h16-20,22-26,32,39-41,45-46,52-53H,12-15,21,27,29-30,33-38H2,1-11H3/t45-,46-,52-,53+,65+/m1/s1. The van der Waals surface area contributed by atoms with Crippen molar-refractivity contribution in [1.82, 2.24) is 29.7 Å². The van der Waals surface area contributed by atoms with Crippen LogP contribution in [0, 0.1) is 23.1 Å². The summed E-state index contributed by atoms with van der Waals surface area (Å²) in [6.07, 6.45) is 4.01. The minimum Gasteiger partial charge on any atom is -0.497 e. The van der Waals surface area contributed by atoms with Crippen LogP contribution in [-0.2, 0) is 24.2 Å². The minimum atomic E-state index is -2.45. The molecule has 6 aromatic rings. The first-order valence-electron chi connectivity index (χ1n) is 29.6. The fourth-order valence-electron chi connectivity index (χ4n) is 14.7. The van der Waals surface area contributed by atoms with E-state index in [1.807, 2.05) is 80.3 Å². The summed E-state index contributed by atoms with van der Waals surface area (Å²) in [6, 6.07) is 20.3. The maximum Gasteiger partial charge on any atom is 0.410 e. The maximum absolute atomic E-state index is 19.1. The molecular weight excluding hydrogens is 1060 g/mol. The van der Waals surface area contributed by atoms with E-state index in [0.717, 1.165) is 54.9 Å². The predicted octanol–water partition coefficient (Wildman–Crippen LogP) is 13.6. The highest BCUT2D eigenvalue weighted by molar-refractivity contribution is 6.90. The summed E-state index contributed by atoms with van der Waals surface area (Å²) in [4.78, 5) is 43.6. The second-order valence-electron chi connectivity index (χ2n) is 25.5. The summed E-state index contributed by atoms with van der Waals surface area (Å²) in [7, 11) is 0.826. The highest BCUT2D eigenvalue weighted by Gasteiger charge is 2.52. The normalized spacial score (nSPS) is 21.6. The number of rotatable bonds is 14. The molecule has 3 aromatic carbocycles. The van der Waals surface area contributed by atoms with Gasteiger partial charge in [-0.05, 0) is 142 Å². The van der Waals surface area contributed by atoms with Crippen LogP contribution in [0.5, 0.6) is 17.5 Å². The molecule has 2 bridgehead atoms. The molecule has 0 saturated carbocycles. The molecule has 5 aliphatic rings. The number of alkyl halides is 1. The molecule has 82 heavy (non-hydrogen) atoms. The van der Waals surface area contributed by atoms with Gasteiger partial charge in [-0.1, -0.05) is 77.8 Å². The zero-order valence-corrected chi connectivity index (χ0v) is 50.5. The van der Waals surface area contributed by atoms with Gasteiger partial charge in [-0.15, -0.1) is 5.54 Å². The Labute approximate surface area is 482 Å². The number of carbonyl (C=O) groups is 1. The molecule has 0 N–H and O–H groups in total. The van der Waals surface area contributed by atoms with Gasteiger partial charge in [0.2, 0.25) is 0 Å². The van der Waals surface area contributed by atoms with E-state index in [1.54, 1.807) is 20.3 Å². The van der Waals surface area contributed by atoms with E-state index in [4.69, 9.17) is 38.9 Å². The Kier molecular flexibility index (Phi) is 15.7. The highest BCUT2D eigenvalue weighted by Crippen LogP contribution is 2.47. The average molecular weight is 1140 g/mol. The van der Waals surface area contributed by atoms with Crippen LogP contribution in [0.15, 0.2) is 66.7 Å². The number of benzene rings is 3. The van der Waals surface area contributed by atoms with E-state index < -0.39 is 37.0 Å². The van der Waals surface area contributed by atoms with Crippen LogP contribution in [0.1, 0.15) is 130 Å². The number of anilines is 2. The summed E-state index contributed by atoms with van der Waals surface area (Å²) < 4.78 is 75.3. The first kappa shape index (κ1) is 57.2. The molecule has 0 spiro atoms. The Morgan fingerprint density at radius 1 is 0.805 bits per heavy atom. The molecule has 434 valence electrons. The summed E-state index contributed by atoms with van der Waals surface area (Å²) in [6.45, 7) is 21.5. The lowest BCUT2D eigenvalue weighted by Crippen LogP contribution is -2.62. The smallest absolute Gasteiger partial charge is 0.410 e. The number of carbonyl (C=O) groups excluding carboxylic acids is 1. The molecule has 17 heteroatoms. The third-order valence-corrected chi connectivity index (χ3v) is 24.7. The van der Waals surface area contributed by atoms with Crippen LogP contribution in [0.25, 0.3) is 33.1 Å². The molecule has 0 aliphatic carbocycles. The summed E-state index contributed by atoms with van der Waals surface area (Å²) in [5, 5.41) is 1.44. The molecule has 11 rings (SSSR count). The number of nitrogens with zero attached hydrogens (tertiary/aromatic N) is 8. The quantitative estimate of drug-likeness (QED) is 0.0763. The van der Waals surface area contributed by atoms with Crippen LogP contribution in [0.2, 0.25) is 16.6 Å². The monoisotopic (exact) mass is 1140 g/mol. The highest BCUT2D eigenvalue weighted by atomic mass is 28.3. The van der Waals surface area contributed by atoms with E-state index >= 15 is 13.2 Å². The van der Waals surface area contributed by atoms with Crippen molar-refractivity contribution >= 4 is 47.5 Å². The molecule has 4 fully saturated rings. The van der Waals surface area contributed by atoms with Crippen molar-refractivity contribution in [3.05, 3.63) is 101 Å². The van der Waals surface area contributed by atoms with Gasteiger partial charge in [-0.25, -0.2) is 27.9 Å². The van der Waals surface area contributed by atoms with Crippen molar-refractivity contribution in [3.63, 3.8) is 0 Å². The van der Waals surface area contributed by atoms with Gasteiger partial charge in [-0.2, -0.15) is 9.97 Å². The maximum atomic E-state index is 19.1. The van der Waals surface area contributed by atoms with Crippen molar-refractivity contribution in [1.29, 1.82) is 0 Å². The van der Waals surface area contributed by atoms with Crippen molar-refractivity contribution in [3.8, 4) is 40.4 Å². The fraction of sp³-hybridized carbons (Fsp3) is 0.523. The van der Waals surface area contributed by atoms with Crippen LogP contribution in [0.4, 0.5) is 29.6 Å². The third kappa shape index (κ3) is 10.6. The second kappa shape index (κ2) is 22.5. The van der Waals surface area contributed by atoms with Crippen LogP contribution in [-0.4, -0.2) is 120 Å². The van der Waals surface area contributed by atoms with Crippen molar-refractivity contribution in [2.45, 2.75) is 179 Å². The topological polar surface area (TPSA) is 119 Å². The molecule has 13 nitrogen and oxygen atoms in total. The first-order chi connectivity index (χ1) is 39.2. The number of ether oxygens (including phenoxy) is 4. The number of amides is 1. The van der Waals surface area contributed by atoms with Crippen LogP contribution in [0.3, 0.4) is 0 Å². The second-order valence-corrected chi connectivity index (χ2v) is 31.1. The number of methoxy groups -OCH3 is 2. The largest absolute Gasteiger partial charge is 0.497 e. The summed E-state index contributed by atoms with van der Waals surface area (Å²) in [5.74, 6) is 4.60. The Morgan fingerprint density at radius 3 is 2.11 bits per heavy atom. The molecule has 5 atom stereocenters. The zero-order chi connectivity index (χ0) is 58.0. The van der Waals surface area contributed by atoms with Crippen molar-refractivity contribution < 1.29 is 36.9 Å². The molecule has 1 amide bonds. The number of aromatic nitrogens is 4. The minimum absolute atomic E-state index is 0.00157. The molecule has 3 aromatic heterocycles. The predicted molar refractivity (Wildman–Crippen MR) is 319 cm³/mol. The van der Waals surface area contributed by atoms with E-state index in [1.165, 1.54) is 6.07 Å². The number of halogens is 3. The average Bonchev–Trinajstić information content (AvgIpc) is 2.40. The van der Waals surface area contributed by atoms with Gasteiger partial charge >= 0.3 is 12.1 Å². The molecule has 0 unspecified atom stereocenters. The zero-order valence-electron chi connectivity index (χ0n) is 49.5. The van der Waals surface area contributed by atoms with Gasteiger partial charge in [0.05, 0.1) is 54.5 Å². The molecule has 4 saturated heterocycles. The fourth-order valence-corrected chi connectivity index (χ4v) is 19.9. The number of piperazine rings is 1. The third-order valence-electron chi connectivity index (χ3n) is 18.5.